The van der Waals surface area contributed by atoms with Crippen molar-refractivity contribution in [2.75, 3.05) is 19.0 Å². The van der Waals surface area contributed by atoms with Crippen molar-refractivity contribution in [3.05, 3.63) is 29.8 Å². The molecule has 0 aliphatic heterocycles. The number of carbonyl (C=O) groups excluding carboxylic acids is 1. The first-order valence-electron chi connectivity index (χ1n) is 7.16. The smallest absolute Gasteiger partial charge is 0.223 e. The Morgan fingerprint density at radius 2 is 2.25 bits per heavy atom. The number of halogens is 1. The maximum absolute atomic E-state index is 11.8. The van der Waals surface area contributed by atoms with Crippen molar-refractivity contribution >= 4 is 17.5 Å². The molecule has 0 saturated heterocycles. The molecular weight excluding hydrogens is 274 g/mol. The van der Waals surface area contributed by atoms with Crippen molar-refractivity contribution in [2.24, 2.45) is 5.41 Å². The molecule has 0 heterocycles. The molecule has 1 saturated carbocycles. The molecule has 0 atom stereocenters. The van der Waals surface area contributed by atoms with Gasteiger partial charge in [0.15, 0.2) is 0 Å². The summed E-state index contributed by atoms with van der Waals surface area (Å²) < 4.78 is 5.57. The Kier molecular flexibility index (Phi) is 5.30. The first-order valence-corrected chi connectivity index (χ1v) is 7.69. The van der Waals surface area contributed by atoms with E-state index in [0.29, 0.717) is 18.9 Å². The summed E-state index contributed by atoms with van der Waals surface area (Å²) in [5.74, 6) is 1.55. The first kappa shape index (κ1) is 15.2. The number of ether oxygens (including phenoxy) is 1. The zero-order chi connectivity index (χ0) is 14.4. The van der Waals surface area contributed by atoms with E-state index in [-0.39, 0.29) is 11.3 Å². The fraction of sp³-hybridized carbons (Fsp3) is 0.562. The summed E-state index contributed by atoms with van der Waals surface area (Å²) in [4.78, 5) is 11.8. The molecule has 1 N–H and O–H groups in total. The van der Waals surface area contributed by atoms with Crippen LogP contribution in [-0.4, -0.2) is 24.9 Å². The van der Waals surface area contributed by atoms with Gasteiger partial charge in [-0.25, -0.2) is 0 Å². The molecule has 0 aromatic heterocycles. The van der Waals surface area contributed by atoms with E-state index < -0.39 is 0 Å². The van der Waals surface area contributed by atoms with Crippen LogP contribution in [0.15, 0.2) is 24.3 Å². The van der Waals surface area contributed by atoms with Crippen LogP contribution in [0.5, 0.6) is 5.75 Å². The molecule has 1 aromatic rings. The zero-order valence-electron chi connectivity index (χ0n) is 12.0. The van der Waals surface area contributed by atoms with Gasteiger partial charge in [0.05, 0.1) is 13.0 Å². The molecule has 3 nitrogen and oxygen atoms in total. The van der Waals surface area contributed by atoms with E-state index in [4.69, 9.17) is 16.3 Å². The highest BCUT2D eigenvalue weighted by molar-refractivity contribution is 6.17. The molecule has 1 aliphatic rings. The lowest BCUT2D eigenvalue weighted by Crippen LogP contribution is -2.31. The van der Waals surface area contributed by atoms with Crippen molar-refractivity contribution < 1.29 is 9.53 Å². The molecule has 1 aromatic carbocycles. The average molecular weight is 296 g/mol. The summed E-state index contributed by atoms with van der Waals surface area (Å²) in [5.41, 5.74) is 1.44. The van der Waals surface area contributed by atoms with Gasteiger partial charge in [-0.3, -0.25) is 4.79 Å². The Morgan fingerprint density at radius 3 is 2.90 bits per heavy atom. The number of hydrogen-bond acceptors (Lipinski definition) is 2. The summed E-state index contributed by atoms with van der Waals surface area (Å²) in [6.45, 7) is 3.19. The second kappa shape index (κ2) is 6.98. The van der Waals surface area contributed by atoms with Crippen LogP contribution < -0.4 is 10.1 Å². The Labute approximate surface area is 125 Å². The molecule has 0 radical (unpaired) electrons. The minimum atomic E-state index is 0.0542. The molecule has 4 heteroatoms. The molecule has 1 fully saturated rings. The minimum absolute atomic E-state index is 0.0542. The van der Waals surface area contributed by atoms with Crippen molar-refractivity contribution in [2.45, 2.75) is 32.6 Å². The second-order valence-electron chi connectivity index (χ2n) is 5.63. The summed E-state index contributed by atoms with van der Waals surface area (Å²) in [7, 11) is 0. The van der Waals surface area contributed by atoms with E-state index in [1.165, 1.54) is 12.8 Å². The summed E-state index contributed by atoms with van der Waals surface area (Å²) in [6.07, 6.45) is 3.75. The standard InChI is InChI=1S/C16H22ClNO2/c1-13-3-2-4-14(11-13)20-10-5-15(19)18-12-16(6-7-16)8-9-17/h2-4,11H,5-10,12H2,1H3,(H,18,19). The normalized spacial score (nSPS) is 15.7. The number of nitrogens with one attached hydrogen (secondary N) is 1. The SMILES string of the molecule is Cc1cccc(OCCC(=O)NCC2(CCCl)CC2)c1. The molecule has 20 heavy (non-hydrogen) atoms. The quantitative estimate of drug-likeness (QED) is 0.747. The van der Waals surface area contributed by atoms with Crippen LogP contribution in [0.4, 0.5) is 0 Å². The Bertz CT molecular complexity index is 458. The van der Waals surface area contributed by atoms with Crippen molar-refractivity contribution in [1.82, 2.24) is 5.32 Å². The lowest BCUT2D eigenvalue weighted by molar-refractivity contribution is -0.121. The predicted octanol–water partition coefficient (Wildman–Crippen LogP) is 3.29. The number of hydrogen-bond donors (Lipinski definition) is 1. The average Bonchev–Trinajstić information content (AvgIpc) is 3.17. The van der Waals surface area contributed by atoms with Crippen LogP contribution in [0, 0.1) is 12.3 Å². The van der Waals surface area contributed by atoms with Crippen molar-refractivity contribution in [1.29, 1.82) is 0 Å². The highest BCUT2D eigenvalue weighted by atomic mass is 35.5. The van der Waals surface area contributed by atoms with E-state index in [2.05, 4.69) is 5.32 Å². The van der Waals surface area contributed by atoms with E-state index in [1.807, 2.05) is 31.2 Å². The number of amides is 1. The topological polar surface area (TPSA) is 38.3 Å². The Hall–Kier alpha value is -1.22. The number of alkyl halides is 1. The number of aryl methyl sites for hydroxylation is 1. The number of rotatable bonds is 8. The Balaban J connectivity index is 1.63. The van der Waals surface area contributed by atoms with Gasteiger partial charge in [-0.05, 0) is 49.3 Å². The second-order valence-corrected chi connectivity index (χ2v) is 6.01. The molecule has 1 aliphatic carbocycles. The van der Waals surface area contributed by atoms with Crippen molar-refractivity contribution in [3.63, 3.8) is 0 Å². The molecule has 0 bridgehead atoms. The van der Waals surface area contributed by atoms with Crippen LogP contribution in [0.1, 0.15) is 31.2 Å². The van der Waals surface area contributed by atoms with Gasteiger partial charge in [-0.15, -0.1) is 11.6 Å². The van der Waals surface area contributed by atoms with Gasteiger partial charge in [0.25, 0.3) is 0 Å². The maximum Gasteiger partial charge on any atom is 0.223 e. The van der Waals surface area contributed by atoms with Crippen LogP contribution >= 0.6 is 11.6 Å². The third kappa shape index (κ3) is 4.71. The summed E-state index contributed by atoms with van der Waals surface area (Å²) in [5, 5.41) is 2.99. The fourth-order valence-electron chi connectivity index (χ4n) is 2.23. The van der Waals surface area contributed by atoms with Crippen LogP contribution in [0.3, 0.4) is 0 Å². The molecule has 2 rings (SSSR count). The Morgan fingerprint density at radius 1 is 1.45 bits per heavy atom. The fourth-order valence-corrected chi connectivity index (χ4v) is 2.63. The molecule has 110 valence electrons. The highest BCUT2D eigenvalue weighted by Crippen LogP contribution is 2.48. The lowest BCUT2D eigenvalue weighted by Gasteiger charge is -2.14. The van der Waals surface area contributed by atoms with Gasteiger partial charge in [0.1, 0.15) is 5.75 Å². The van der Waals surface area contributed by atoms with Gasteiger partial charge < -0.3 is 10.1 Å². The van der Waals surface area contributed by atoms with Crippen LogP contribution in [0.2, 0.25) is 0 Å². The third-order valence-corrected chi connectivity index (χ3v) is 4.02. The third-order valence-electron chi connectivity index (χ3n) is 3.83. The molecule has 0 spiro atoms. The van der Waals surface area contributed by atoms with Gasteiger partial charge in [0.2, 0.25) is 5.91 Å². The van der Waals surface area contributed by atoms with Crippen molar-refractivity contribution in [3.8, 4) is 5.75 Å². The zero-order valence-corrected chi connectivity index (χ0v) is 12.7. The first-order chi connectivity index (χ1) is 9.63. The molecular formula is C16H22ClNO2. The van der Waals surface area contributed by atoms with Crippen LogP contribution in [0.25, 0.3) is 0 Å². The van der Waals surface area contributed by atoms with Gasteiger partial charge >= 0.3 is 0 Å². The van der Waals surface area contributed by atoms with Gasteiger partial charge in [0, 0.05) is 12.4 Å². The highest BCUT2D eigenvalue weighted by Gasteiger charge is 2.41. The molecule has 0 unspecified atom stereocenters. The maximum atomic E-state index is 11.8. The number of benzene rings is 1. The molecule has 1 amide bonds. The largest absolute Gasteiger partial charge is 0.493 e. The van der Waals surface area contributed by atoms with E-state index in [9.17, 15) is 4.79 Å². The summed E-state index contributed by atoms with van der Waals surface area (Å²) in [6, 6.07) is 7.85. The van der Waals surface area contributed by atoms with E-state index in [1.54, 1.807) is 0 Å². The summed E-state index contributed by atoms with van der Waals surface area (Å²) >= 11 is 5.77. The number of carbonyl (C=O) groups is 1. The lowest BCUT2D eigenvalue weighted by atomic mass is 10.0. The van der Waals surface area contributed by atoms with Crippen LogP contribution in [-0.2, 0) is 4.79 Å². The predicted molar refractivity (Wildman–Crippen MR) is 81.3 cm³/mol. The van der Waals surface area contributed by atoms with E-state index >= 15 is 0 Å². The van der Waals surface area contributed by atoms with Gasteiger partial charge in [-0.1, -0.05) is 12.1 Å². The monoisotopic (exact) mass is 295 g/mol. The minimum Gasteiger partial charge on any atom is -0.493 e. The van der Waals surface area contributed by atoms with E-state index in [0.717, 1.165) is 24.3 Å². The van der Waals surface area contributed by atoms with Gasteiger partial charge in [-0.2, -0.15) is 0 Å².